The topological polar surface area (TPSA) is 95.4 Å². The Morgan fingerprint density at radius 3 is 2.57 bits per heavy atom. The van der Waals surface area contributed by atoms with Crippen molar-refractivity contribution in [3.8, 4) is 0 Å². The van der Waals surface area contributed by atoms with Gasteiger partial charge in [-0.15, -0.1) is 0 Å². The lowest BCUT2D eigenvalue weighted by Gasteiger charge is -2.26. The molecule has 124 valence electrons. The molecule has 2 aliphatic rings. The van der Waals surface area contributed by atoms with Crippen molar-refractivity contribution < 1.29 is 14.7 Å². The fourth-order valence-electron chi connectivity index (χ4n) is 3.41. The number of amides is 1. The third kappa shape index (κ3) is 3.78. The van der Waals surface area contributed by atoms with Gasteiger partial charge in [0.2, 0.25) is 5.91 Å². The highest BCUT2D eigenvalue weighted by molar-refractivity contribution is 5.84. The molecule has 1 aliphatic heterocycles. The van der Waals surface area contributed by atoms with Gasteiger partial charge in [-0.2, -0.15) is 0 Å². The molecule has 7 nitrogen and oxygen atoms in total. The zero-order chi connectivity index (χ0) is 16.2. The SMILES string of the molecule is O=C(O)c1cnc(NC2CCN(C(=O)C3CCCCC3)C2)cn1. The van der Waals surface area contributed by atoms with Crippen molar-refractivity contribution in [2.45, 2.75) is 44.6 Å². The van der Waals surface area contributed by atoms with Gasteiger partial charge in [-0.05, 0) is 19.3 Å². The van der Waals surface area contributed by atoms with Gasteiger partial charge in [-0.25, -0.2) is 14.8 Å². The van der Waals surface area contributed by atoms with E-state index in [9.17, 15) is 9.59 Å². The molecule has 0 bridgehead atoms. The number of carbonyl (C=O) groups excluding carboxylic acids is 1. The summed E-state index contributed by atoms with van der Waals surface area (Å²) >= 11 is 0. The highest BCUT2D eigenvalue weighted by atomic mass is 16.4. The van der Waals surface area contributed by atoms with Gasteiger partial charge in [-0.3, -0.25) is 4.79 Å². The second-order valence-electron chi connectivity index (χ2n) is 6.34. The van der Waals surface area contributed by atoms with Gasteiger partial charge >= 0.3 is 5.97 Å². The van der Waals surface area contributed by atoms with Crippen LogP contribution >= 0.6 is 0 Å². The van der Waals surface area contributed by atoms with Gasteiger partial charge < -0.3 is 15.3 Å². The fourth-order valence-corrected chi connectivity index (χ4v) is 3.41. The van der Waals surface area contributed by atoms with Gasteiger partial charge in [0, 0.05) is 25.0 Å². The third-order valence-corrected chi connectivity index (χ3v) is 4.68. The molecule has 0 spiro atoms. The van der Waals surface area contributed by atoms with Crippen LogP contribution in [-0.4, -0.2) is 51.0 Å². The number of rotatable bonds is 4. The number of hydrogen-bond acceptors (Lipinski definition) is 5. The van der Waals surface area contributed by atoms with Gasteiger partial charge in [-0.1, -0.05) is 19.3 Å². The van der Waals surface area contributed by atoms with Crippen LogP contribution in [0, 0.1) is 5.92 Å². The molecule has 23 heavy (non-hydrogen) atoms. The molecule has 1 aromatic heterocycles. The summed E-state index contributed by atoms with van der Waals surface area (Å²) in [5, 5.41) is 12.0. The van der Waals surface area contributed by atoms with Gasteiger partial charge in [0.15, 0.2) is 5.69 Å². The fraction of sp³-hybridized carbons (Fsp3) is 0.625. The van der Waals surface area contributed by atoms with Crippen LogP contribution in [0.5, 0.6) is 0 Å². The molecule has 2 heterocycles. The normalized spacial score (nSPS) is 22.1. The number of carboxylic acid groups (broad SMARTS) is 1. The van der Waals surface area contributed by atoms with Crippen molar-refractivity contribution in [2.24, 2.45) is 5.92 Å². The Morgan fingerprint density at radius 1 is 1.13 bits per heavy atom. The molecule has 1 unspecified atom stereocenters. The molecule has 0 radical (unpaired) electrons. The number of hydrogen-bond donors (Lipinski definition) is 2. The zero-order valence-corrected chi connectivity index (χ0v) is 13.1. The van der Waals surface area contributed by atoms with Gasteiger partial charge in [0.1, 0.15) is 5.82 Å². The van der Waals surface area contributed by atoms with Crippen LogP contribution in [0.25, 0.3) is 0 Å². The first kappa shape index (κ1) is 15.7. The molecule has 1 atom stereocenters. The number of aromatic carboxylic acids is 1. The van der Waals surface area contributed by atoms with Crippen LogP contribution in [0.15, 0.2) is 12.4 Å². The van der Waals surface area contributed by atoms with E-state index >= 15 is 0 Å². The third-order valence-electron chi connectivity index (χ3n) is 4.68. The number of nitrogens with one attached hydrogen (secondary N) is 1. The second kappa shape index (κ2) is 6.93. The van der Waals surface area contributed by atoms with E-state index in [2.05, 4.69) is 15.3 Å². The molecule has 1 aromatic rings. The average Bonchev–Trinajstić information content (AvgIpc) is 3.04. The first-order chi connectivity index (χ1) is 11.1. The Hall–Kier alpha value is -2.18. The van der Waals surface area contributed by atoms with E-state index in [-0.39, 0.29) is 17.7 Å². The second-order valence-corrected chi connectivity index (χ2v) is 6.34. The van der Waals surface area contributed by atoms with E-state index in [1.807, 2.05) is 4.90 Å². The molecule has 1 aliphatic carbocycles. The van der Waals surface area contributed by atoms with Crippen molar-refractivity contribution in [1.82, 2.24) is 14.9 Å². The molecular weight excluding hydrogens is 296 g/mol. The molecule has 0 aromatic carbocycles. The largest absolute Gasteiger partial charge is 0.476 e. The molecule has 1 saturated heterocycles. The van der Waals surface area contributed by atoms with Gasteiger partial charge in [0.05, 0.1) is 12.4 Å². The first-order valence-corrected chi connectivity index (χ1v) is 8.24. The Balaban J connectivity index is 1.53. The molecule has 2 N–H and O–H groups in total. The molecule has 1 amide bonds. The summed E-state index contributed by atoms with van der Waals surface area (Å²) in [5.41, 5.74) is -0.0731. The van der Waals surface area contributed by atoms with E-state index in [0.717, 1.165) is 38.6 Å². The van der Waals surface area contributed by atoms with Crippen LogP contribution < -0.4 is 5.32 Å². The van der Waals surface area contributed by atoms with E-state index in [1.54, 1.807) is 0 Å². The van der Waals surface area contributed by atoms with Crippen LogP contribution in [0.4, 0.5) is 5.82 Å². The number of carboxylic acids is 1. The number of aromatic nitrogens is 2. The van der Waals surface area contributed by atoms with Crippen molar-refractivity contribution in [2.75, 3.05) is 18.4 Å². The standard InChI is InChI=1S/C16H22N4O3/c21-15(11-4-2-1-3-5-11)20-7-6-12(10-20)19-14-9-17-13(8-18-14)16(22)23/h8-9,11-12H,1-7,10H2,(H,18,19)(H,22,23). The Labute approximate surface area is 135 Å². The summed E-state index contributed by atoms with van der Waals surface area (Å²) in [5.74, 6) is -0.0420. The highest BCUT2D eigenvalue weighted by Gasteiger charge is 2.31. The van der Waals surface area contributed by atoms with Crippen molar-refractivity contribution in [3.05, 3.63) is 18.1 Å². The quantitative estimate of drug-likeness (QED) is 0.878. The minimum atomic E-state index is -1.09. The summed E-state index contributed by atoms with van der Waals surface area (Å²) in [7, 11) is 0. The van der Waals surface area contributed by atoms with E-state index in [4.69, 9.17) is 5.11 Å². The lowest BCUT2D eigenvalue weighted by Crippen LogP contribution is -2.36. The molecule has 7 heteroatoms. The smallest absolute Gasteiger partial charge is 0.356 e. The van der Waals surface area contributed by atoms with E-state index in [1.165, 1.54) is 18.8 Å². The predicted molar refractivity (Wildman–Crippen MR) is 84.2 cm³/mol. The predicted octanol–water partition coefficient (Wildman–Crippen LogP) is 1.77. The number of carbonyl (C=O) groups is 2. The molecule has 1 saturated carbocycles. The van der Waals surface area contributed by atoms with Gasteiger partial charge in [0.25, 0.3) is 0 Å². The number of likely N-dealkylation sites (tertiary alicyclic amines) is 1. The lowest BCUT2D eigenvalue weighted by molar-refractivity contribution is -0.135. The Kier molecular flexibility index (Phi) is 4.73. The minimum Gasteiger partial charge on any atom is -0.476 e. The lowest BCUT2D eigenvalue weighted by atomic mass is 9.88. The molecule has 2 fully saturated rings. The zero-order valence-electron chi connectivity index (χ0n) is 13.1. The summed E-state index contributed by atoms with van der Waals surface area (Å²) in [4.78, 5) is 33.1. The van der Waals surface area contributed by atoms with E-state index < -0.39 is 5.97 Å². The van der Waals surface area contributed by atoms with Crippen molar-refractivity contribution in [3.63, 3.8) is 0 Å². The summed E-state index contributed by atoms with van der Waals surface area (Å²) in [6.45, 7) is 1.45. The van der Waals surface area contributed by atoms with Crippen molar-refractivity contribution in [1.29, 1.82) is 0 Å². The molecular formula is C16H22N4O3. The summed E-state index contributed by atoms with van der Waals surface area (Å²) < 4.78 is 0. The van der Waals surface area contributed by atoms with Crippen LogP contribution in [0.3, 0.4) is 0 Å². The average molecular weight is 318 g/mol. The van der Waals surface area contributed by atoms with Crippen molar-refractivity contribution >= 4 is 17.7 Å². The highest BCUT2D eigenvalue weighted by Crippen LogP contribution is 2.27. The van der Waals surface area contributed by atoms with Crippen LogP contribution in [-0.2, 0) is 4.79 Å². The number of nitrogens with zero attached hydrogens (tertiary/aromatic N) is 3. The monoisotopic (exact) mass is 318 g/mol. The maximum Gasteiger partial charge on any atom is 0.356 e. The first-order valence-electron chi connectivity index (χ1n) is 8.24. The maximum atomic E-state index is 12.5. The van der Waals surface area contributed by atoms with Crippen LogP contribution in [0.2, 0.25) is 0 Å². The Morgan fingerprint density at radius 2 is 1.91 bits per heavy atom. The summed E-state index contributed by atoms with van der Waals surface area (Å²) in [6, 6.07) is 0.146. The van der Waals surface area contributed by atoms with Crippen LogP contribution in [0.1, 0.15) is 49.0 Å². The minimum absolute atomic E-state index is 0.0731. The number of anilines is 1. The van der Waals surface area contributed by atoms with E-state index in [0.29, 0.717) is 18.3 Å². The molecule has 3 rings (SSSR count). The summed E-state index contributed by atoms with van der Waals surface area (Å²) in [6.07, 6.45) is 9.17. The Bertz CT molecular complexity index is 569. The maximum absolute atomic E-state index is 12.5.